The van der Waals surface area contributed by atoms with Gasteiger partial charge >= 0.3 is 0 Å². The molecule has 0 aliphatic carbocycles. The van der Waals surface area contributed by atoms with Crippen LogP contribution in [0.2, 0.25) is 5.02 Å². The maximum Gasteiger partial charge on any atom is 0.115 e. The molecule has 1 aromatic carbocycles. The summed E-state index contributed by atoms with van der Waals surface area (Å²) in [5.41, 5.74) is 0. The zero-order valence-electron chi connectivity index (χ0n) is 5.25. The van der Waals surface area contributed by atoms with Gasteiger partial charge in [-0.25, -0.2) is 0 Å². The lowest BCUT2D eigenvalue weighted by Crippen LogP contribution is -1.61. The molecule has 1 N–H and O–H groups in total. The first-order valence-corrected chi connectivity index (χ1v) is 2.90. The van der Waals surface area contributed by atoms with E-state index in [1.54, 1.807) is 24.3 Å². The molecule has 54 valence electrons. The minimum Gasteiger partial charge on any atom is -0.508 e. The first-order chi connectivity index (χ1) is 4.79. The number of rotatable bonds is 0. The van der Waals surface area contributed by atoms with Crippen molar-refractivity contribution in [1.29, 1.82) is 0 Å². The summed E-state index contributed by atoms with van der Waals surface area (Å²) in [7, 11) is 0. The number of carbonyl (C=O) groups is 1. The highest BCUT2D eigenvalue weighted by Gasteiger charge is 1.84. The highest BCUT2D eigenvalue weighted by atomic mass is 35.5. The van der Waals surface area contributed by atoms with Gasteiger partial charge in [-0.2, -0.15) is 0 Å². The predicted molar refractivity (Wildman–Crippen MR) is 40.2 cm³/mol. The molecule has 0 saturated carbocycles. The standard InChI is InChI=1S/C6H5ClO.CH2O/c7-5-1-3-6(8)4-2-5;1-2/h1-4,8H;1H2. The van der Waals surface area contributed by atoms with Crippen LogP contribution in [0.3, 0.4) is 0 Å². The zero-order valence-corrected chi connectivity index (χ0v) is 6.01. The van der Waals surface area contributed by atoms with E-state index in [2.05, 4.69) is 0 Å². The summed E-state index contributed by atoms with van der Waals surface area (Å²) < 4.78 is 0. The molecule has 1 aromatic rings. The third-order valence-electron chi connectivity index (χ3n) is 0.827. The van der Waals surface area contributed by atoms with Crippen LogP contribution in [-0.4, -0.2) is 11.9 Å². The molecule has 2 nitrogen and oxygen atoms in total. The third kappa shape index (κ3) is 3.10. The Kier molecular flexibility index (Phi) is 4.33. The van der Waals surface area contributed by atoms with Crippen molar-refractivity contribution in [3.63, 3.8) is 0 Å². The molecule has 3 heteroatoms. The second-order valence-corrected chi connectivity index (χ2v) is 1.91. The van der Waals surface area contributed by atoms with E-state index in [9.17, 15) is 0 Å². The number of phenols is 1. The lowest BCUT2D eigenvalue weighted by atomic mass is 10.3. The van der Waals surface area contributed by atoms with E-state index in [0.717, 1.165) is 0 Å². The number of hydrogen-bond acceptors (Lipinski definition) is 2. The molecular weight excluding hydrogens is 152 g/mol. The van der Waals surface area contributed by atoms with E-state index in [1.807, 2.05) is 6.79 Å². The normalized spacial score (nSPS) is 7.70. The number of aromatic hydroxyl groups is 1. The summed E-state index contributed by atoms with van der Waals surface area (Å²) in [6.07, 6.45) is 0. The number of benzene rings is 1. The molecule has 0 heterocycles. The second kappa shape index (κ2) is 4.82. The smallest absolute Gasteiger partial charge is 0.115 e. The number of hydrogen-bond donors (Lipinski definition) is 1. The van der Waals surface area contributed by atoms with Crippen LogP contribution in [0.15, 0.2) is 24.3 Å². The summed E-state index contributed by atoms with van der Waals surface area (Å²) in [6, 6.07) is 6.36. The van der Waals surface area contributed by atoms with Gasteiger partial charge in [-0.1, -0.05) is 11.6 Å². The average Bonchev–Trinajstić information content (AvgIpc) is 2.00. The first-order valence-electron chi connectivity index (χ1n) is 2.52. The Morgan fingerprint density at radius 3 is 1.90 bits per heavy atom. The Hall–Kier alpha value is -1.02. The molecule has 0 amide bonds. The van der Waals surface area contributed by atoms with Gasteiger partial charge < -0.3 is 9.90 Å². The van der Waals surface area contributed by atoms with Gasteiger partial charge in [0.25, 0.3) is 0 Å². The van der Waals surface area contributed by atoms with E-state index in [0.29, 0.717) is 5.02 Å². The largest absolute Gasteiger partial charge is 0.508 e. The Morgan fingerprint density at radius 2 is 1.60 bits per heavy atom. The zero-order chi connectivity index (χ0) is 7.98. The van der Waals surface area contributed by atoms with Crippen molar-refractivity contribution in [2.45, 2.75) is 0 Å². The van der Waals surface area contributed by atoms with Gasteiger partial charge in [-0.05, 0) is 24.3 Å². The van der Waals surface area contributed by atoms with Crippen molar-refractivity contribution in [3.05, 3.63) is 29.3 Å². The van der Waals surface area contributed by atoms with Gasteiger partial charge in [0.15, 0.2) is 0 Å². The monoisotopic (exact) mass is 158 g/mol. The van der Waals surface area contributed by atoms with Gasteiger partial charge in [0, 0.05) is 5.02 Å². The summed E-state index contributed by atoms with van der Waals surface area (Å²) in [4.78, 5) is 8.00. The van der Waals surface area contributed by atoms with Crippen LogP contribution >= 0.6 is 11.6 Å². The molecule has 10 heavy (non-hydrogen) atoms. The van der Waals surface area contributed by atoms with Crippen LogP contribution in [-0.2, 0) is 4.79 Å². The molecule has 0 aromatic heterocycles. The Labute approximate surface area is 64.1 Å². The quantitative estimate of drug-likeness (QED) is 0.626. The third-order valence-corrected chi connectivity index (χ3v) is 1.08. The molecule has 0 aliphatic heterocycles. The number of carbonyl (C=O) groups excluding carboxylic acids is 1. The highest BCUT2D eigenvalue weighted by molar-refractivity contribution is 6.30. The molecule has 0 unspecified atom stereocenters. The maximum absolute atomic E-state index is 8.70. The van der Waals surface area contributed by atoms with E-state index in [4.69, 9.17) is 21.5 Å². The molecule has 0 aliphatic rings. The highest BCUT2D eigenvalue weighted by Crippen LogP contribution is 2.12. The summed E-state index contributed by atoms with van der Waals surface area (Å²) in [5.74, 6) is 0.245. The molecule has 0 saturated heterocycles. The van der Waals surface area contributed by atoms with Crippen molar-refractivity contribution in [3.8, 4) is 5.75 Å². The van der Waals surface area contributed by atoms with Crippen molar-refractivity contribution in [2.24, 2.45) is 0 Å². The van der Waals surface area contributed by atoms with Crippen LogP contribution in [0.4, 0.5) is 0 Å². The minimum atomic E-state index is 0.245. The fourth-order valence-electron chi connectivity index (χ4n) is 0.441. The molecule has 1 rings (SSSR count). The maximum atomic E-state index is 8.70. The van der Waals surface area contributed by atoms with E-state index < -0.39 is 0 Å². The Morgan fingerprint density at radius 1 is 1.20 bits per heavy atom. The molecule has 0 atom stereocenters. The Bertz CT molecular complexity index is 162. The van der Waals surface area contributed by atoms with Crippen molar-refractivity contribution >= 4 is 18.4 Å². The van der Waals surface area contributed by atoms with Crippen LogP contribution in [0.5, 0.6) is 5.75 Å². The Balaban J connectivity index is 0.000000371. The number of halogens is 1. The van der Waals surface area contributed by atoms with Gasteiger partial charge in [-0.15, -0.1) is 0 Å². The lowest BCUT2D eigenvalue weighted by molar-refractivity contribution is -0.0979. The van der Waals surface area contributed by atoms with Crippen molar-refractivity contribution < 1.29 is 9.90 Å². The van der Waals surface area contributed by atoms with E-state index in [1.165, 1.54) is 0 Å². The van der Waals surface area contributed by atoms with Crippen molar-refractivity contribution in [1.82, 2.24) is 0 Å². The summed E-state index contributed by atoms with van der Waals surface area (Å²) in [6.45, 7) is 2.00. The van der Waals surface area contributed by atoms with Crippen LogP contribution in [0.1, 0.15) is 0 Å². The predicted octanol–water partition coefficient (Wildman–Crippen LogP) is 1.86. The summed E-state index contributed by atoms with van der Waals surface area (Å²) >= 11 is 5.50. The fraction of sp³-hybridized carbons (Fsp3) is 0. The van der Waals surface area contributed by atoms with Crippen molar-refractivity contribution in [2.75, 3.05) is 0 Å². The topological polar surface area (TPSA) is 37.3 Å². The molecule has 0 bridgehead atoms. The van der Waals surface area contributed by atoms with Gasteiger partial charge in [-0.3, -0.25) is 0 Å². The van der Waals surface area contributed by atoms with Gasteiger partial charge in [0.1, 0.15) is 12.5 Å². The van der Waals surface area contributed by atoms with E-state index >= 15 is 0 Å². The van der Waals surface area contributed by atoms with Crippen LogP contribution in [0.25, 0.3) is 0 Å². The fourth-order valence-corrected chi connectivity index (χ4v) is 0.567. The summed E-state index contributed by atoms with van der Waals surface area (Å²) in [5, 5.41) is 9.34. The lowest BCUT2D eigenvalue weighted by Gasteiger charge is -1.87. The first kappa shape index (κ1) is 8.98. The van der Waals surface area contributed by atoms with Crippen LogP contribution in [0, 0.1) is 0 Å². The SMILES string of the molecule is C=O.Oc1ccc(Cl)cc1. The second-order valence-electron chi connectivity index (χ2n) is 1.48. The van der Waals surface area contributed by atoms with Gasteiger partial charge in [0.05, 0.1) is 0 Å². The average molecular weight is 159 g/mol. The van der Waals surface area contributed by atoms with Gasteiger partial charge in [0.2, 0.25) is 0 Å². The van der Waals surface area contributed by atoms with E-state index in [-0.39, 0.29) is 5.75 Å². The van der Waals surface area contributed by atoms with Crippen LogP contribution < -0.4 is 0 Å². The minimum absolute atomic E-state index is 0.245. The molecule has 0 fully saturated rings. The molecule has 0 radical (unpaired) electrons. The number of phenolic OH excluding ortho intramolecular Hbond substituents is 1. The molecule has 0 spiro atoms. The molecular formula is C7H7ClO2.